The molecular weight excluding hydrogens is 350 g/mol. The number of amides is 2. The molecule has 142 valence electrons. The third-order valence-corrected chi connectivity index (χ3v) is 4.03. The summed E-state index contributed by atoms with van der Waals surface area (Å²) in [7, 11) is 0. The van der Waals surface area contributed by atoms with Gasteiger partial charge in [-0.15, -0.1) is 0 Å². The van der Waals surface area contributed by atoms with Crippen LogP contribution in [0.2, 0.25) is 0 Å². The van der Waals surface area contributed by atoms with Gasteiger partial charge in [0.1, 0.15) is 12.2 Å². The van der Waals surface area contributed by atoms with Crippen LogP contribution in [0, 0.1) is 13.8 Å². The molecule has 0 aliphatic carbocycles. The number of hydrogen-bond acceptors (Lipinski definition) is 4. The molecule has 27 heavy (non-hydrogen) atoms. The van der Waals surface area contributed by atoms with Crippen LogP contribution in [-0.2, 0) is 16.0 Å². The second-order valence-corrected chi connectivity index (χ2v) is 6.18. The molecule has 8 heteroatoms. The number of carboxylic acid groups (broad SMARTS) is 1. The molecule has 1 aromatic heterocycles. The number of rotatable bonds is 7. The van der Waals surface area contributed by atoms with Gasteiger partial charge in [0, 0.05) is 16.9 Å². The van der Waals surface area contributed by atoms with Crippen molar-refractivity contribution in [3.63, 3.8) is 0 Å². The summed E-state index contributed by atoms with van der Waals surface area (Å²) in [6.45, 7) is 4.49. The van der Waals surface area contributed by atoms with Crippen molar-refractivity contribution in [2.24, 2.45) is 0 Å². The second kappa shape index (κ2) is 8.31. The summed E-state index contributed by atoms with van der Waals surface area (Å²) in [6, 6.07) is 6.64. The van der Waals surface area contributed by atoms with E-state index in [0.717, 1.165) is 0 Å². The fourth-order valence-electron chi connectivity index (χ4n) is 2.83. The molecule has 0 radical (unpaired) electrons. The van der Waals surface area contributed by atoms with Crippen molar-refractivity contribution >= 4 is 29.3 Å². The van der Waals surface area contributed by atoms with E-state index in [1.165, 1.54) is 6.92 Å². The number of hydrogen-bond donors (Lipinski definition) is 4. The highest BCUT2D eigenvalue weighted by Crippen LogP contribution is 2.20. The van der Waals surface area contributed by atoms with Crippen molar-refractivity contribution in [1.82, 2.24) is 10.3 Å². The van der Waals surface area contributed by atoms with Gasteiger partial charge < -0.3 is 20.7 Å². The Bertz CT molecular complexity index is 897. The minimum Gasteiger partial charge on any atom is -0.480 e. The molecule has 0 bridgehead atoms. The van der Waals surface area contributed by atoms with Crippen molar-refractivity contribution in [3.05, 3.63) is 52.3 Å². The minimum absolute atomic E-state index is 0.0401. The Morgan fingerprint density at radius 1 is 1.07 bits per heavy atom. The molecule has 0 spiro atoms. The highest BCUT2D eigenvalue weighted by atomic mass is 16.4. The molecule has 0 atom stereocenters. The van der Waals surface area contributed by atoms with E-state index >= 15 is 0 Å². The third-order valence-electron chi connectivity index (χ3n) is 4.03. The van der Waals surface area contributed by atoms with Crippen molar-refractivity contribution in [2.75, 3.05) is 11.9 Å². The molecule has 1 aromatic carbocycles. The zero-order valence-electron chi connectivity index (χ0n) is 15.3. The van der Waals surface area contributed by atoms with Crippen molar-refractivity contribution in [1.29, 1.82) is 0 Å². The number of aliphatic carboxylic acids is 1. The summed E-state index contributed by atoms with van der Waals surface area (Å²) in [4.78, 5) is 49.1. The first-order valence-corrected chi connectivity index (χ1v) is 8.28. The van der Waals surface area contributed by atoms with Crippen LogP contribution >= 0.6 is 0 Å². The van der Waals surface area contributed by atoms with Crippen molar-refractivity contribution in [2.45, 2.75) is 27.2 Å². The van der Waals surface area contributed by atoms with E-state index in [4.69, 9.17) is 5.11 Å². The van der Waals surface area contributed by atoms with Crippen LogP contribution in [0.3, 0.4) is 0 Å². The molecule has 2 rings (SSSR count). The zero-order valence-corrected chi connectivity index (χ0v) is 15.3. The largest absolute Gasteiger partial charge is 0.480 e. The number of H-pyrrole nitrogens is 1. The number of aryl methyl sites for hydroxylation is 1. The molecular formula is C19H21N3O5. The van der Waals surface area contributed by atoms with Gasteiger partial charge in [0.05, 0.1) is 6.42 Å². The molecule has 0 fully saturated rings. The summed E-state index contributed by atoms with van der Waals surface area (Å²) in [5.74, 6) is -1.98. The molecule has 0 unspecified atom stereocenters. The lowest BCUT2D eigenvalue weighted by atomic mass is 10.1. The Kier molecular flexibility index (Phi) is 6.12. The fourth-order valence-corrected chi connectivity index (χ4v) is 2.83. The van der Waals surface area contributed by atoms with Gasteiger partial charge in [-0.25, -0.2) is 0 Å². The average Bonchev–Trinajstić information content (AvgIpc) is 2.89. The van der Waals surface area contributed by atoms with Crippen LogP contribution < -0.4 is 10.6 Å². The van der Waals surface area contributed by atoms with Crippen LogP contribution in [0.1, 0.15) is 44.6 Å². The number of anilines is 1. The predicted octanol–water partition coefficient (Wildman–Crippen LogP) is 1.83. The van der Waals surface area contributed by atoms with Crippen molar-refractivity contribution in [3.8, 4) is 0 Å². The first-order chi connectivity index (χ1) is 12.7. The summed E-state index contributed by atoms with van der Waals surface area (Å²) in [6.07, 6.45) is 0.0401. The Morgan fingerprint density at radius 3 is 2.22 bits per heavy atom. The van der Waals surface area contributed by atoms with Gasteiger partial charge in [-0.1, -0.05) is 12.1 Å². The van der Waals surface area contributed by atoms with Gasteiger partial charge >= 0.3 is 5.97 Å². The van der Waals surface area contributed by atoms with Gasteiger partial charge in [-0.3, -0.25) is 19.2 Å². The maximum Gasteiger partial charge on any atom is 0.322 e. The van der Waals surface area contributed by atoms with Crippen LogP contribution in [0.5, 0.6) is 0 Å². The molecule has 4 N–H and O–H groups in total. The SMILES string of the molecule is CC(=O)c1c(C)[nH]c(C(=O)Nc2ccc(CC(=O)NCC(=O)O)cc2)c1C. The fraction of sp³-hybridized carbons (Fsp3) is 0.263. The van der Waals surface area contributed by atoms with Crippen LogP contribution in [0.4, 0.5) is 5.69 Å². The number of carboxylic acids is 1. The summed E-state index contributed by atoms with van der Waals surface area (Å²) in [5.41, 5.74) is 3.31. The molecule has 0 saturated heterocycles. The number of Topliss-reactive ketones (excluding diaryl/α,β-unsaturated/α-hetero) is 1. The number of ketones is 1. The standard InChI is InChI=1S/C19H21N3O5/c1-10-17(12(3)23)11(2)21-18(10)19(27)22-14-6-4-13(5-7-14)8-15(24)20-9-16(25)26/h4-7,21H,8-9H2,1-3H3,(H,20,24)(H,22,27)(H,25,26). The monoisotopic (exact) mass is 371 g/mol. The van der Waals surface area contributed by atoms with E-state index in [2.05, 4.69) is 15.6 Å². The van der Waals surface area contributed by atoms with Gasteiger partial charge in [0.15, 0.2) is 5.78 Å². The molecule has 0 aliphatic rings. The maximum absolute atomic E-state index is 12.5. The Balaban J connectivity index is 2.03. The van der Waals surface area contributed by atoms with Crippen LogP contribution in [-0.4, -0.2) is 40.2 Å². The zero-order chi connectivity index (χ0) is 20.1. The summed E-state index contributed by atoms with van der Waals surface area (Å²) in [5, 5.41) is 13.6. The third kappa shape index (κ3) is 5.04. The molecule has 2 amide bonds. The Hall–Kier alpha value is -3.42. The molecule has 2 aromatic rings. The van der Waals surface area contributed by atoms with E-state index in [1.807, 2.05) is 0 Å². The van der Waals surface area contributed by atoms with Crippen LogP contribution in [0.25, 0.3) is 0 Å². The highest BCUT2D eigenvalue weighted by Gasteiger charge is 2.19. The molecule has 0 aliphatic heterocycles. The second-order valence-electron chi connectivity index (χ2n) is 6.18. The number of carbonyl (C=O) groups is 4. The summed E-state index contributed by atoms with van der Waals surface area (Å²) < 4.78 is 0. The van der Waals surface area contributed by atoms with E-state index in [1.54, 1.807) is 38.1 Å². The molecule has 0 saturated carbocycles. The topological polar surface area (TPSA) is 128 Å². The number of aromatic nitrogens is 1. The molecule has 1 heterocycles. The van der Waals surface area contributed by atoms with Gasteiger partial charge in [0.25, 0.3) is 5.91 Å². The van der Waals surface area contributed by atoms with E-state index in [-0.39, 0.29) is 18.1 Å². The predicted molar refractivity (Wildman–Crippen MR) is 99.0 cm³/mol. The Labute approximate surface area is 156 Å². The molecule has 8 nitrogen and oxygen atoms in total. The van der Waals surface area contributed by atoms with Crippen LogP contribution in [0.15, 0.2) is 24.3 Å². The smallest absolute Gasteiger partial charge is 0.322 e. The first kappa shape index (κ1) is 19.9. The Morgan fingerprint density at radius 2 is 1.70 bits per heavy atom. The highest BCUT2D eigenvalue weighted by molar-refractivity contribution is 6.07. The van der Waals surface area contributed by atoms with Gasteiger partial charge in [-0.05, 0) is 44.0 Å². The first-order valence-electron chi connectivity index (χ1n) is 8.28. The van der Waals surface area contributed by atoms with Gasteiger partial charge in [-0.2, -0.15) is 0 Å². The number of aromatic amines is 1. The van der Waals surface area contributed by atoms with E-state index < -0.39 is 18.4 Å². The average molecular weight is 371 g/mol. The lowest BCUT2D eigenvalue weighted by Gasteiger charge is -2.07. The maximum atomic E-state index is 12.5. The summed E-state index contributed by atoms with van der Waals surface area (Å²) >= 11 is 0. The normalized spacial score (nSPS) is 10.3. The lowest BCUT2D eigenvalue weighted by Crippen LogP contribution is -2.30. The van der Waals surface area contributed by atoms with Gasteiger partial charge in [0.2, 0.25) is 5.91 Å². The lowest BCUT2D eigenvalue weighted by molar-refractivity contribution is -0.137. The minimum atomic E-state index is -1.11. The van der Waals surface area contributed by atoms with E-state index in [0.29, 0.717) is 33.8 Å². The quantitative estimate of drug-likeness (QED) is 0.552. The van der Waals surface area contributed by atoms with E-state index in [9.17, 15) is 19.2 Å². The number of nitrogens with one attached hydrogen (secondary N) is 3. The number of carbonyl (C=O) groups excluding carboxylic acids is 3. The number of benzene rings is 1. The van der Waals surface area contributed by atoms with Crippen molar-refractivity contribution < 1.29 is 24.3 Å².